The summed E-state index contributed by atoms with van der Waals surface area (Å²) in [4.78, 5) is 46.5. The van der Waals surface area contributed by atoms with E-state index in [2.05, 4.69) is 10.3 Å². The summed E-state index contributed by atoms with van der Waals surface area (Å²) in [6.07, 6.45) is 1.42. The predicted octanol–water partition coefficient (Wildman–Crippen LogP) is 3.80. The van der Waals surface area contributed by atoms with Gasteiger partial charge in [0.1, 0.15) is 11.9 Å². The highest BCUT2D eigenvalue weighted by Crippen LogP contribution is 2.25. The largest absolute Gasteiger partial charge is 0.384 e. The van der Waals surface area contributed by atoms with E-state index < -0.39 is 12.1 Å². The Kier molecular flexibility index (Phi) is 7.28. The Bertz CT molecular complexity index is 1480. The number of para-hydroxylation sites is 1. The zero-order chi connectivity index (χ0) is 26.6. The van der Waals surface area contributed by atoms with Crippen molar-refractivity contribution < 1.29 is 14.4 Å². The number of carbonyl (C=O) groups excluding carboxylic acids is 3. The van der Waals surface area contributed by atoms with Crippen LogP contribution in [0.5, 0.6) is 0 Å². The summed E-state index contributed by atoms with van der Waals surface area (Å²) in [6.45, 7) is 0.475. The third kappa shape index (κ3) is 5.33. The van der Waals surface area contributed by atoms with Crippen LogP contribution in [0.25, 0.3) is 10.2 Å². The number of aromatic nitrogens is 1. The van der Waals surface area contributed by atoms with Crippen molar-refractivity contribution in [2.45, 2.75) is 31.3 Å². The Labute approximate surface area is 224 Å². The molecule has 4 aromatic rings. The lowest BCUT2D eigenvalue weighted by molar-refractivity contribution is -0.125. The number of Topliss-reactive ketones (excluding diaryl/α,β-unsaturated/α-hetero) is 1. The average Bonchev–Trinajstić information content (AvgIpc) is 3.60. The molecule has 1 saturated heterocycles. The molecule has 3 aromatic carbocycles. The van der Waals surface area contributed by atoms with Gasteiger partial charge in [0.25, 0.3) is 5.91 Å². The van der Waals surface area contributed by atoms with Crippen LogP contribution in [0.4, 0.5) is 0 Å². The first-order valence-electron chi connectivity index (χ1n) is 12.4. The number of thiazole rings is 1. The fraction of sp³-hybridized carbons (Fsp3) is 0.207. The molecule has 4 N–H and O–H groups in total. The number of amidine groups is 1. The van der Waals surface area contributed by atoms with Crippen molar-refractivity contribution in [3.8, 4) is 0 Å². The van der Waals surface area contributed by atoms with E-state index >= 15 is 0 Å². The summed E-state index contributed by atoms with van der Waals surface area (Å²) >= 11 is 1.28. The smallest absolute Gasteiger partial charge is 0.254 e. The summed E-state index contributed by atoms with van der Waals surface area (Å²) in [6, 6.07) is 21.9. The third-order valence-corrected chi connectivity index (χ3v) is 7.70. The molecule has 9 heteroatoms. The normalized spacial score (nSPS) is 15.8. The van der Waals surface area contributed by atoms with Crippen molar-refractivity contribution in [3.05, 3.63) is 101 Å². The van der Waals surface area contributed by atoms with Crippen LogP contribution < -0.4 is 11.1 Å². The molecule has 1 aromatic heterocycles. The van der Waals surface area contributed by atoms with Crippen LogP contribution in [0.3, 0.4) is 0 Å². The fourth-order valence-electron chi connectivity index (χ4n) is 4.73. The van der Waals surface area contributed by atoms with Gasteiger partial charge in [-0.1, -0.05) is 48.5 Å². The Morgan fingerprint density at radius 3 is 2.53 bits per heavy atom. The van der Waals surface area contributed by atoms with Gasteiger partial charge in [-0.25, -0.2) is 4.98 Å². The molecule has 0 saturated carbocycles. The molecule has 1 aliphatic heterocycles. The molecule has 192 valence electrons. The molecule has 5 rings (SSSR count). The molecule has 2 heterocycles. The van der Waals surface area contributed by atoms with E-state index in [0.717, 1.165) is 15.8 Å². The van der Waals surface area contributed by atoms with Gasteiger partial charge in [-0.3, -0.25) is 19.8 Å². The lowest BCUT2D eigenvalue weighted by atomic mass is 9.99. The van der Waals surface area contributed by atoms with Crippen molar-refractivity contribution in [2.24, 2.45) is 5.73 Å². The van der Waals surface area contributed by atoms with Crippen molar-refractivity contribution >= 4 is 45.0 Å². The molecule has 1 aliphatic rings. The molecule has 0 aliphatic carbocycles. The SMILES string of the molecule is N=C(N)c1cccc(CC(NC(=O)[C@@H]2CCCN2C(=O)c2ccccc2)C(=O)c2nc3ccccc3s2)c1. The number of hydrogen-bond acceptors (Lipinski definition) is 6. The quantitative estimate of drug-likeness (QED) is 0.183. The van der Waals surface area contributed by atoms with E-state index in [4.69, 9.17) is 11.1 Å². The van der Waals surface area contributed by atoms with E-state index in [-0.39, 0.29) is 29.9 Å². The second-order valence-electron chi connectivity index (χ2n) is 9.25. The molecule has 8 nitrogen and oxygen atoms in total. The van der Waals surface area contributed by atoms with Crippen LogP contribution in [-0.2, 0) is 11.2 Å². The Hall–Kier alpha value is -4.37. The fourth-order valence-corrected chi connectivity index (χ4v) is 5.69. The van der Waals surface area contributed by atoms with Gasteiger partial charge >= 0.3 is 0 Å². The molecule has 1 unspecified atom stereocenters. The minimum Gasteiger partial charge on any atom is -0.384 e. The first-order chi connectivity index (χ1) is 18.4. The van der Waals surface area contributed by atoms with Crippen LogP contribution in [0, 0.1) is 5.41 Å². The topological polar surface area (TPSA) is 129 Å². The van der Waals surface area contributed by atoms with Gasteiger partial charge in [-0.05, 0) is 48.7 Å². The zero-order valence-corrected chi connectivity index (χ0v) is 21.4. The first kappa shape index (κ1) is 25.3. The van der Waals surface area contributed by atoms with E-state index in [1.165, 1.54) is 11.3 Å². The number of rotatable bonds is 8. The Balaban J connectivity index is 1.41. The highest BCUT2D eigenvalue weighted by atomic mass is 32.1. The average molecular weight is 526 g/mol. The standard InChI is InChI=1S/C29H27N5O3S/c30-26(31)20-11-6-8-18(16-20)17-22(25(35)28-33-21-12-4-5-14-24(21)38-28)32-27(36)23-13-7-15-34(23)29(37)19-9-2-1-3-10-19/h1-6,8-12,14,16,22-23H,7,13,15,17H2,(H3,30,31)(H,32,36)/t22?,23-/m0/s1. The van der Waals surface area contributed by atoms with Crippen LogP contribution >= 0.6 is 11.3 Å². The molecule has 2 atom stereocenters. The van der Waals surface area contributed by atoms with Crippen molar-refractivity contribution in [1.82, 2.24) is 15.2 Å². The van der Waals surface area contributed by atoms with Crippen LogP contribution in [0.2, 0.25) is 0 Å². The molecule has 0 spiro atoms. The number of likely N-dealkylation sites (tertiary alicyclic amines) is 1. The van der Waals surface area contributed by atoms with Crippen molar-refractivity contribution in [1.29, 1.82) is 5.41 Å². The van der Waals surface area contributed by atoms with Crippen LogP contribution in [-0.4, -0.2) is 51.9 Å². The summed E-state index contributed by atoms with van der Waals surface area (Å²) in [7, 11) is 0. The van der Waals surface area contributed by atoms with Gasteiger partial charge in [0.2, 0.25) is 11.7 Å². The second kappa shape index (κ2) is 10.9. The highest BCUT2D eigenvalue weighted by Gasteiger charge is 2.36. The Morgan fingerprint density at radius 2 is 1.76 bits per heavy atom. The summed E-state index contributed by atoms with van der Waals surface area (Å²) in [5.74, 6) is -0.946. The maximum Gasteiger partial charge on any atom is 0.254 e. The van der Waals surface area contributed by atoms with Gasteiger partial charge in [0.05, 0.1) is 16.3 Å². The predicted molar refractivity (Wildman–Crippen MR) is 148 cm³/mol. The second-order valence-corrected chi connectivity index (χ2v) is 10.3. The van der Waals surface area contributed by atoms with Crippen LogP contribution in [0.15, 0.2) is 78.9 Å². The number of nitrogens with zero attached hydrogens (tertiary/aromatic N) is 2. The van der Waals surface area contributed by atoms with E-state index in [1.54, 1.807) is 47.4 Å². The number of hydrogen-bond donors (Lipinski definition) is 3. The highest BCUT2D eigenvalue weighted by molar-refractivity contribution is 7.20. The summed E-state index contributed by atoms with van der Waals surface area (Å²) in [5, 5.41) is 11.0. The number of benzene rings is 3. The monoisotopic (exact) mass is 525 g/mol. The maximum atomic E-state index is 13.7. The number of fused-ring (bicyclic) bond motifs is 1. The minimum atomic E-state index is -0.903. The number of carbonyl (C=O) groups is 3. The van der Waals surface area contributed by atoms with Gasteiger partial charge in [-0.2, -0.15) is 0 Å². The number of amides is 2. The van der Waals surface area contributed by atoms with Gasteiger partial charge < -0.3 is 16.0 Å². The minimum absolute atomic E-state index is 0.0778. The molecule has 1 fully saturated rings. The van der Waals surface area contributed by atoms with E-state index in [0.29, 0.717) is 35.5 Å². The van der Waals surface area contributed by atoms with Gasteiger partial charge in [-0.15, -0.1) is 11.3 Å². The number of nitrogen functional groups attached to an aromatic ring is 1. The van der Waals surface area contributed by atoms with Crippen molar-refractivity contribution in [3.63, 3.8) is 0 Å². The third-order valence-electron chi connectivity index (χ3n) is 6.65. The van der Waals surface area contributed by atoms with Crippen LogP contribution in [0.1, 0.15) is 44.1 Å². The number of ketones is 1. The zero-order valence-electron chi connectivity index (χ0n) is 20.6. The maximum absolute atomic E-state index is 13.7. The molecule has 38 heavy (non-hydrogen) atoms. The molecule has 0 bridgehead atoms. The van der Waals surface area contributed by atoms with E-state index in [1.807, 2.05) is 36.4 Å². The Morgan fingerprint density at radius 1 is 1.03 bits per heavy atom. The summed E-state index contributed by atoms with van der Waals surface area (Å²) < 4.78 is 0.884. The number of nitrogens with two attached hydrogens (primary N) is 1. The first-order valence-corrected chi connectivity index (χ1v) is 13.2. The summed E-state index contributed by atoms with van der Waals surface area (Å²) in [5.41, 5.74) is 8.20. The molecular formula is C29H27N5O3S. The van der Waals surface area contributed by atoms with Crippen molar-refractivity contribution in [2.75, 3.05) is 6.54 Å². The lowest BCUT2D eigenvalue weighted by Crippen LogP contribution is -2.51. The lowest BCUT2D eigenvalue weighted by Gasteiger charge is -2.26. The number of nitrogens with one attached hydrogen (secondary N) is 2. The van der Waals surface area contributed by atoms with Gasteiger partial charge in [0.15, 0.2) is 5.01 Å². The molecule has 2 amide bonds. The van der Waals surface area contributed by atoms with Gasteiger partial charge in [0, 0.05) is 24.1 Å². The molecule has 0 radical (unpaired) electrons. The molecular weight excluding hydrogens is 498 g/mol. The van der Waals surface area contributed by atoms with E-state index in [9.17, 15) is 14.4 Å².